The van der Waals surface area contributed by atoms with Gasteiger partial charge in [-0.2, -0.15) is 0 Å². The Balaban J connectivity index is 3.02. The van der Waals surface area contributed by atoms with Crippen molar-refractivity contribution < 1.29 is 8.42 Å². The van der Waals surface area contributed by atoms with Gasteiger partial charge in [0.05, 0.1) is 0 Å². The van der Waals surface area contributed by atoms with Gasteiger partial charge in [-0.3, -0.25) is 0 Å². The van der Waals surface area contributed by atoms with Crippen LogP contribution in [0.3, 0.4) is 0 Å². The first-order valence-electron chi connectivity index (χ1n) is 5.66. The molecule has 0 saturated carbocycles. The van der Waals surface area contributed by atoms with Crippen LogP contribution < -0.4 is 0 Å². The Morgan fingerprint density at radius 3 is 2.11 bits per heavy atom. The van der Waals surface area contributed by atoms with Gasteiger partial charge in [-0.1, -0.05) is 30.3 Å². The van der Waals surface area contributed by atoms with Crippen LogP contribution in [0.5, 0.6) is 0 Å². The molecule has 5 heteroatoms. The Bertz CT molecular complexity index is 505. The summed E-state index contributed by atoms with van der Waals surface area (Å²) < 4.78 is 25.0. The summed E-state index contributed by atoms with van der Waals surface area (Å²) in [5.41, 5.74) is 1.75. The SMILES string of the molecule is CN(C)C(=Cc1ccccc1)CS(=O)(=O)N(C)C. The van der Waals surface area contributed by atoms with Crippen molar-refractivity contribution in [3.8, 4) is 0 Å². The van der Waals surface area contributed by atoms with Gasteiger partial charge in [-0.15, -0.1) is 0 Å². The molecule has 0 N–H and O–H groups in total. The summed E-state index contributed by atoms with van der Waals surface area (Å²) in [6, 6.07) is 9.69. The van der Waals surface area contributed by atoms with Crippen molar-refractivity contribution in [1.29, 1.82) is 0 Å². The van der Waals surface area contributed by atoms with Crippen LogP contribution in [0, 0.1) is 0 Å². The molecular formula is C13H20N2O2S. The fourth-order valence-corrected chi connectivity index (χ4v) is 2.33. The highest BCUT2D eigenvalue weighted by molar-refractivity contribution is 7.89. The third-order valence-electron chi connectivity index (χ3n) is 2.59. The van der Waals surface area contributed by atoms with E-state index < -0.39 is 10.0 Å². The maximum atomic E-state index is 11.9. The van der Waals surface area contributed by atoms with Crippen LogP contribution in [-0.4, -0.2) is 51.6 Å². The molecular weight excluding hydrogens is 248 g/mol. The third-order valence-corrected chi connectivity index (χ3v) is 4.37. The Morgan fingerprint density at radius 1 is 1.11 bits per heavy atom. The lowest BCUT2D eigenvalue weighted by Crippen LogP contribution is -2.29. The topological polar surface area (TPSA) is 40.6 Å². The maximum Gasteiger partial charge on any atom is 0.219 e. The molecule has 1 aromatic rings. The molecule has 0 aliphatic heterocycles. The van der Waals surface area contributed by atoms with Crippen LogP contribution in [0.1, 0.15) is 5.56 Å². The largest absolute Gasteiger partial charge is 0.380 e. The smallest absolute Gasteiger partial charge is 0.219 e. The number of nitrogens with zero attached hydrogens (tertiary/aromatic N) is 2. The lowest BCUT2D eigenvalue weighted by molar-refractivity contribution is 0.494. The van der Waals surface area contributed by atoms with E-state index in [9.17, 15) is 8.42 Å². The van der Waals surface area contributed by atoms with Gasteiger partial charge in [-0.25, -0.2) is 12.7 Å². The van der Waals surface area contributed by atoms with Crippen LogP contribution >= 0.6 is 0 Å². The summed E-state index contributed by atoms with van der Waals surface area (Å²) in [6.07, 6.45) is 1.89. The number of benzene rings is 1. The maximum absolute atomic E-state index is 11.9. The molecule has 4 nitrogen and oxygen atoms in total. The summed E-state index contributed by atoms with van der Waals surface area (Å²) in [6.45, 7) is 0. The van der Waals surface area contributed by atoms with E-state index in [1.165, 1.54) is 4.31 Å². The molecule has 1 rings (SSSR count). The van der Waals surface area contributed by atoms with Gasteiger partial charge in [0.2, 0.25) is 10.0 Å². The molecule has 0 bridgehead atoms. The highest BCUT2D eigenvalue weighted by Crippen LogP contribution is 2.12. The quantitative estimate of drug-likeness (QED) is 0.812. The fraction of sp³-hybridized carbons (Fsp3) is 0.385. The van der Waals surface area contributed by atoms with E-state index in [-0.39, 0.29) is 5.75 Å². The zero-order valence-corrected chi connectivity index (χ0v) is 12.1. The second kappa shape index (κ2) is 6.02. The van der Waals surface area contributed by atoms with Gasteiger partial charge in [0.25, 0.3) is 0 Å². The van der Waals surface area contributed by atoms with Crippen LogP contribution in [-0.2, 0) is 10.0 Å². The normalized spacial score (nSPS) is 12.8. The van der Waals surface area contributed by atoms with Gasteiger partial charge >= 0.3 is 0 Å². The zero-order valence-electron chi connectivity index (χ0n) is 11.3. The molecule has 0 amide bonds. The van der Waals surface area contributed by atoms with Crippen molar-refractivity contribution >= 4 is 16.1 Å². The van der Waals surface area contributed by atoms with Gasteiger partial charge < -0.3 is 4.90 Å². The van der Waals surface area contributed by atoms with Crippen molar-refractivity contribution in [2.45, 2.75) is 0 Å². The first kappa shape index (κ1) is 14.7. The Hall–Kier alpha value is -1.33. The first-order valence-corrected chi connectivity index (χ1v) is 7.27. The third kappa shape index (κ3) is 4.16. The van der Waals surface area contributed by atoms with Crippen molar-refractivity contribution in [1.82, 2.24) is 9.21 Å². The van der Waals surface area contributed by atoms with Gasteiger partial charge in [0.1, 0.15) is 5.75 Å². The second-order valence-electron chi connectivity index (χ2n) is 4.48. The van der Waals surface area contributed by atoms with Gasteiger partial charge in [-0.05, 0) is 11.6 Å². The van der Waals surface area contributed by atoms with Crippen LogP contribution in [0.25, 0.3) is 6.08 Å². The Labute approximate surface area is 110 Å². The molecule has 0 unspecified atom stereocenters. The van der Waals surface area contributed by atoms with E-state index in [1.54, 1.807) is 14.1 Å². The average Bonchev–Trinajstić information content (AvgIpc) is 2.29. The average molecular weight is 268 g/mol. The molecule has 0 saturated heterocycles. The molecule has 0 atom stereocenters. The van der Waals surface area contributed by atoms with E-state index in [4.69, 9.17) is 0 Å². The molecule has 0 aromatic heterocycles. The highest BCUT2D eigenvalue weighted by atomic mass is 32.2. The zero-order chi connectivity index (χ0) is 13.8. The molecule has 0 aliphatic rings. The molecule has 0 aliphatic carbocycles. The van der Waals surface area contributed by atoms with Crippen molar-refractivity contribution in [3.05, 3.63) is 41.6 Å². The van der Waals surface area contributed by atoms with E-state index in [1.807, 2.05) is 55.4 Å². The predicted molar refractivity (Wildman–Crippen MR) is 75.6 cm³/mol. The molecule has 0 fully saturated rings. The lowest BCUT2D eigenvalue weighted by Gasteiger charge is -2.20. The van der Waals surface area contributed by atoms with E-state index in [2.05, 4.69) is 0 Å². The molecule has 1 aromatic carbocycles. The fourth-order valence-electron chi connectivity index (χ4n) is 1.36. The minimum atomic E-state index is -3.24. The minimum absolute atomic E-state index is 0.00188. The van der Waals surface area contributed by atoms with Crippen molar-refractivity contribution in [3.63, 3.8) is 0 Å². The second-order valence-corrected chi connectivity index (χ2v) is 6.66. The van der Waals surface area contributed by atoms with Crippen LogP contribution in [0.2, 0.25) is 0 Å². The molecule has 0 radical (unpaired) electrons. The van der Waals surface area contributed by atoms with Crippen LogP contribution in [0.15, 0.2) is 36.0 Å². The standard InChI is InChI=1S/C13H20N2O2S/c1-14(2)13(11-18(16,17)15(3)4)10-12-8-6-5-7-9-12/h5-10H,11H2,1-4H3. The molecule has 0 heterocycles. The lowest BCUT2D eigenvalue weighted by atomic mass is 10.2. The molecule has 0 spiro atoms. The van der Waals surface area contributed by atoms with E-state index in [0.29, 0.717) is 0 Å². The molecule has 18 heavy (non-hydrogen) atoms. The van der Waals surface area contributed by atoms with E-state index >= 15 is 0 Å². The van der Waals surface area contributed by atoms with Crippen molar-refractivity contribution in [2.75, 3.05) is 33.9 Å². The summed E-state index contributed by atoms with van der Waals surface area (Å²) in [4.78, 5) is 1.83. The summed E-state index contributed by atoms with van der Waals surface area (Å²) >= 11 is 0. The Kier molecular flexibility index (Phi) is 4.93. The predicted octanol–water partition coefficient (Wildman–Crippen LogP) is 1.48. The summed E-state index contributed by atoms with van der Waals surface area (Å²) in [5.74, 6) is 0.00188. The van der Waals surface area contributed by atoms with Crippen LogP contribution in [0.4, 0.5) is 0 Å². The highest BCUT2D eigenvalue weighted by Gasteiger charge is 2.17. The minimum Gasteiger partial charge on any atom is -0.380 e. The number of hydrogen-bond donors (Lipinski definition) is 0. The number of sulfonamides is 1. The number of rotatable bonds is 5. The van der Waals surface area contributed by atoms with Crippen molar-refractivity contribution in [2.24, 2.45) is 0 Å². The summed E-state index contributed by atoms with van der Waals surface area (Å²) in [7, 11) is 3.55. The monoisotopic (exact) mass is 268 g/mol. The van der Waals surface area contributed by atoms with Gasteiger partial charge in [0, 0.05) is 33.9 Å². The van der Waals surface area contributed by atoms with Gasteiger partial charge in [0.15, 0.2) is 0 Å². The summed E-state index contributed by atoms with van der Waals surface area (Å²) in [5, 5.41) is 0. The Morgan fingerprint density at radius 2 is 1.67 bits per heavy atom. The molecule has 100 valence electrons. The first-order chi connectivity index (χ1) is 8.33. The number of hydrogen-bond acceptors (Lipinski definition) is 3. The van der Waals surface area contributed by atoms with E-state index in [0.717, 1.165) is 11.3 Å².